The normalized spacial score (nSPS) is 29.3. The predicted molar refractivity (Wildman–Crippen MR) is 70.6 cm³/mol. The van der Waals surface area contributed by atoms with Crippen molar-refractivity contribution < 1.29 is 4.79 Å². The molecule has 18 heavy (non-hydrogen) atoms. The third kappa shape index (κ3) is 1.39. The van der Waals surface area contributed by atoms with E-state index >= 15 is 0 Å². The zero-order valence-electron chi connectivity index (χ0n) is 10.5. The van der Waals surface area contributed by atoms with Crippen LogP contribution in [-0.4, -0.2) is 19.0 Å². The third-order valence-electron chi connectivity index (χ3n) is 4.79. The molecule has 3 nitrogen and oxygen atoms in total. The Morgan fingerprint density at radius 3 is 3.17 bits per heavy atom. The first-order valence-electron chi connectivity index (χ1n) is 6.96. The lowest BCUT2D eigenvalue weighted by Crippen LogP contribution is -2.40. The van der Waals surface area contributed by atoms with E-state index in [9.17, 15) is 4.79 Å². The van der Waals surface area contributed by atoms with Gasteiger partial charge < -0.3 is 10.2 Å². The van der Waals surface area contributed by atoms with Gasteiger partial charge >= 0.3 is 0 Å². The topological polar surface area (TPSA) is 32.3 Å². The molecule has 1 aliphatic carbocycles. The lowest BCUT2D eigenvalue weighted by molar-refractivity contribution is -0.119. The molecule has 1 fully saturated rings. The van der Waals surface area contributed by atoms with E-state index in [4.69, 9.17) is 0 Å². The largest absolute Gasteiger partial charge is 0.361 e. The highest BCUT2D eigenvalue weighted by Crippen LogP contribution is 2.48. The highest BCUT2D eigenvalue weighted by atomic mass is 16.2. The SMILES string of the molecule is O=C1CN2C[C@@H]3CCC[C@@H]3c3cccc(c32)CN1. The van der Waals surface area contributed by atoms with Gasteiger partial charge in [0, 0.05) is 18.8 Å². The highest BCUT2D eigenvalue weighted by molar-refractivity contribution is 5.84. The van der Waals surface area contributed by atoms with Crippen LogP contribution in [0.4, 0.5) is 5.69 Å². The lowest BCUT2D eigenvalue weighted by Gasteiger charge is -2.38. The fraction of sp³-hybridized carbons (Fsp3) is 0.533. The van der Waals surface area contributed by atoms with Crippen molar-refractivity contribution in [3.05, 3.63) is 29.3 Å². The summed E-state index contributed by atoms with van der Waals surface area (Å²) in [6.45, 7) is 2.30. The van der Waals surface area contributed by atoms with E-state index in [1.807, 2.05) is 0 Å². The summed E-state index contributed by atoms with van der Waals surface area (Å²) >= 11 is 0. The van der Waals surface area contributed by atoms with Gasteiger partial charge in [0.1, 0.15) is 0 Å². The van der Waals surface area contributed by atoms with Crippen LogP contribution < -0.4 is 10.2 Å². The van der Waals surface area contributed by atoms with Crippen molar-refractivity contribution in [2.75, 3.05) is 18.0 Å². The summed E-state index contributed by atoms with van der Waals surface area (Å²) in [4.78, 5) is 14.1. The van der Waals surface area contributed by atoms with Gasteiger partial charge in [-0.05, 0) is 35.8 Å². The number of carbonyl (C=O) groups excluding carboxylic acids is 1. The number of fused-ring (bicyclic) bond motifs is 2. The first-order chi connectivity index (χ1) is 8.83. The minimum Gasteiger partial charge on any atom is -0.361 e. The zero-order chi connectivity index (χ0) is 12.1. The maximum atomic E-state index is 11.8. The average Bonchev–Trinajstić information content (AvgIpc) is 2.78. The van der Waals surface area contributed by atoms with E-state index in [1.54, 1.807) is 0 Å². The van der Waals surface area contributed by atoms with E-state index < -0.39 is 0 Å². The molecule has 2 aliphatic heterocycles. The maximum absolute atomic E-state index is 11.8. The molecule has 1 aromatic carbocycles. The molecule has 1 saturated carbocycles. The number of amides is 1. The molecule has 1 amide bonds. The Morgan fingerprint density at radius 2 is 2.22 bits per heavy atom. The number of rotatable bonds is 0. The average molecular weight is 242 g/mol. The van der Waals surface area contributed by atoms with Gasteiger partial charge in [0.15, 0.2) is 0 Å². The van der Waals surface area contributed by atoms with Crippen LogP contribution in [0.2, 0.25) is 0 Å². The fourth-order valence-electron chi connectivity index (χ4n) is 4.04. The van der Waals surface area contributed by atoms with Gasteiger partial charge in [-0.1, -0.05) is 24.6 Å². The number of nitrogens with zero attached hydrogens (tertiary/aromatic N) is 1. The van der Waals surface area contributed by atoms with Crippen molar-refractivity contribution in [1.29, 1.82) is 0 Å². The molecule has 3 aliphatic rings. The molecule has 94 valence electrons. The Hall–Kier alpha value is -1.51. The van der Waals surface area contributed by atoms with Crippen molar-refractivity contribution in [2.45, 2.75) is 31.7 Å². The molecule has 4 rings (SSSR count). The summed E-state index contributed by atoms with van der Waals surface area (Å²) in [5, 5.41) is 3.01. The molecule has 0 saturated heterocycles. The van der Waals surface area contributed by atoms with Crippen molar-refractivity contribution >= 4 is 11.6 Å². The van der Waals surface area contributed by atoms with Crippen molar-refractivity contribution in [1.82, 2.24) is 5.32 Å². The Morgan fingerprint density at radius 1 is 1.28 bits per heavy atom. The van der Waals surface area contributed by atoms with Gasteiger partial charge in [0.25, 0.3) is 0 Å². The second-order valence-electron chi connectivity index (χ2n) is 5.81. The monoisotopic (exact) mass is 242 g/mol. The Labute approximate surface area is 107 Å². The van der Waals surface area contributed by atoms with E-state index in [0.717, 1.165) is 18.4 Å². The Balaban J connectivity index is 1.88. The highest BCUT2D eigenvalue weighted by Gasteiger charge is 2.38. The number of benzene rings is 1. The lowest BCUT2D eigenvalue weighted by atomic mass is 9.82. The van der Waals surface area contributed by atoms with Crippen molar-refractivity contribution in [3.63, 3.8) is 0 Å². The van der Waals surface area contributed by atoms with Crippen LogP contribution in [0.25, 0.3) is 0 Å². The van der Waals surface area contributed by atoms with E-state index in [2.05, 4.69) is 28.4 Å². The summed E-state index contributed by atoms with van der Waals surface area (Å²) < 4.78 is 0. The third-order valence-corrected chi connectivity index (χ3v) is 4.79. The number of anilines is 1. The summed E-state index contributed by atoms with van der Waals surface area (Å²) in [5.41, 5.74) is 4.15. The molecule has 3 heteroatoms. The quantitative estimate of drug-likeness (QED) is 0.755. The van der Waals surface area contributed by atoms with Gasteiger partial charge in [0.05, 0.1) is 6.54 Å². The Kier molecular flexibility index (Phi) is 2.16. The standard InChI is InChI=1S/C15H18N2O/c18-14-9-17-8-11-4-2-5-12(11)13-6-1-3-10(7-16-14)15(13)17/h1,3,6,11-12H,2,4-5,7-9H2,(H,16,18)/t11-,12-/m0/s1. The summed E-state index contributed by atoms with van der Waals surface area (Å²) in [5.74, 6) is 1.66. The molecule has 0 spiro atoms. The minimum atomic E-state index is 0.161. The molecule has 2 atom stereocenters. The van der Waals surface area contributed by atoms with Gasteiger partial charge in [-0.2, -0.15) is 0 Å². The molecule has 0 bridgehead atoms. The number of hydrogen-bond donors (Lipinski definition) is 1. The van der Waals surface area contributed by atoms with Crippen LogP contribution in [-0.2, 0) is 11.3 Å². The van der Waals surface area contributed by atoms with Crippen molar-refractivity contribution in [2.24, 2.45) is 5.92 Å². The molecule has 0 unspecified atom stereocenters. The molecule has 1 aromatic rings. The zero-order valence-corrected chi connectivity index (χ0v) is 10.5. The van der Waals surface area contributed by atoms with Crippen LogP contribution in [0.5, 0.6) is 0 Å². The molecule has 0 aromatic heterocycles. The number of nitrogens with one attached hydrogen (secondary N) is 1. The molecule has 0 radical (unpaired) electrons. The number of hydrogen-bond acceptors (Lipinski definition) is 2. The van der Waals surface area contributed by atoms with Crippen LogP contribution in [0.3, 0.4) is 0 Å². The van der Waals surface area contributed by atoms with E-state index in [0.29, 0.717) is 13.1 Å². The molecule has 2 heterocycles. The van der Waals surface area contributed by atoms with Gasteiger partial charge in [-0.15, -0.1) is 0 Å². The summed E-state index contributed by atoms with van der Waals surface area (Å²) in [6, 6.07) is 6.60. The summed E-state index contributed by atoms with van der Waals surface area (Å²) in [7, 11) is 0. The van der Waals surface area contributed by atoms with Crippen LogP contribution in [0, 0.1) is 5.92 Å². The smallest absolute Gasteiger partial charge is 0.239 e. The first-order valence-corrected chi connectivity index (χ1v) is 6.96. The second kappa shape index (κ2) is 3.74. The van der Waals surface area contributed by atoms with Gasteiger partial charge in [-0.3, -0.25) is 4.79 Å². The van der Waals surface area contributed by atoms with Crippen LogP contribution >= 0.6 is 0 Å². The Bertz CT molecular complexity index is 511. The summed E-state index contributed by atoms with van der Waals surface area (Å²) in [6.07, 6.45) is 4.00. The number of carbonyl (C=O) groups is 1. The van der Waals surface area contributed by atoms with Crippen LogP contribution in [0.1, 0.15) is 36.3 Å². The maximum Gasteiger partial charge on any atom is 0.239 e. The van der Waals surface area contributed by atoms with Gasteiger partial charge in [0.2, 0.25) is 5.91 Å². The fourth-order valence-corrected chi connectivity index (χ4v) is 4.04. The predicted octanol–water partition coefficient (Wildman–Crippen LogP) is 2.02. The van der Waals surface area contributed by atoms with Crippen LogP contribution in [0.15, 0.2) is 18.2 Å². The molecule has 1 N–H and O–H groups in total. The number of para-hydroxylation sites is 1. The van der Waals surface area contributed by atoms with E-state index in [-0.39, 0.29) is 5.91 Å². The van der Waals surface area contributed by atoms with Gasteiger partial charge in [-0.25, -0.2) is 0 Å². The van der Waals surface area contributed by atoms with Crippen molar-refractivity contribution in [3.8, 4) is 0 Å². The second-order valence-corrected chi connectivity index (χ2v) is 5.81. The first kappa shape index (κ1) is 10.4. The van der Waals surface area contributed by atoms with E-state index in [1.165, 1.54) is 36.1 Å². The molecular formula is C15H18N2O. The minimum absolute atomic E-state index is 0.161. The molecular weight excluding hydrogens is 224 g/mol.